The van der Waals surface area contributed by atoms with Gasteiger partial charge in [0.2, 0.25) is 5.88 Å². The van der Waals surface area contributed by atoms with E-state index in [4.69, 9.17) is 27.9 Å². The van der Waals surface area contributed by atoms with E-state index in [1.807, 2.05) is 6.92 Å². The van der Waals surface area contributed by atoms with E-state index in [-0.39, 0.29) is 0 Å². The van der Waals surface area contributed by atoms with Crippen LogP contribution in [0.1, 0.15) is 5.56 Å². The topological polar surface area (TPSA) is 52.3 Å². The van der Waals surface area contributed by atoms with E-state index in [1.54, 1.807) is 24.3 Å². The van der Waals surface area contributed by atoms with Crippen LogP contribution in [-0.2, 0) is 0 Å². The summed E-state index contributed by atoms with van der Waals surface area (Å²) in [6.07, 6.45) is 1.40. The van der Waals surface area contributed by atoms with Gasteiger partial charge in [0.25, 0.3) is 5.78 Å². The first kappa shape index (κ1) is 12.2. The minimum atomic E-state index is 0.337. The number of nitrogens with zero attached hydrogens (tertiary/aromatic N) is 4. The second kappa shape index (κ2) is 4.68. The summed E-state index contributed by atoms with van der Waals surface area (Å²) in [5.41, 5.74) is 0.689. The Balaban J connectivity index is 2.11. The molecule has 0 amide bonds. The van der Waals surface area contributed by atoms with Crippen molar-refractivity contribution in [3.8, 4) is 11.6 Å². The van der Waals surface area contributed by atoms with Crippen LogP contribution in [0.25, 0.3) is 5.78 Å². The Morgan fingerprint density at radius 3 is 2.63 bits per heavy atom. The normalized spacial score (nSPS) is 10.9. The summed E-state index contributed by atoms with van der Waals surface area (Å²) in [6, 6.07) is 7.01. The predicted molar refractivity (Wildman–Crippen MR) is 72.1 cm³/mol. The van der Waals surface area contributed by atoms with Crippen LogP contribution >= 0.6 is 23.2 Å². The van der Waals surface area contributed by atoms with Gasteiger partial charge in [-0.3, -0.25) is 0 Å². The molecule has 0 aliphatic carbocycles. The molecule has 3 aromatic rings. The summed E-state index contributed by atoms with van der Waals surface area (Å²) in [4.78, 5) is 8.10. The number of fused-ring (bicyclic) bond motifs is 1. The van der Waals surface area contributed by atoms with Crippen molar-refractivity contribution >= 4 is 29.0 Å². The lowest BCUT2D eigenvalue weighted by Gasteiger charge is -2.10. The molecule has 2 aromatic heterocycles. The van der Waals surface area contributed by atoms with E-state index in [0.29, 0.717) is 33.1 Å². The van der Waals surface area contributed by atoms with E-state index in [0.717, 1.165) is 0 Å². The molecular formula is C12H8Cl2N4O. The van der Waals surface area contributed by atoms with Crippen molar-refractivity contribution in [3.63, 3.8) is 0 Å². The fourth-order valence-corrected chi connectivity index (χ4v) is 1.89. The van der Waals surface area contributed by atoms with Crippen molar-refractivity contribution in [2.45, 2.75) is 6.92 Å². The van der Waals surface area contributed by atoms with Gasteiger partial charge in [-0.05, 0) is 31.2 Å². The summed E-state index contributed by atoms with van der Waals surface area (Å²) in [5.74, 6) is 1.50. The third-order valence-electron chi connectivity index (χ3n) is 2.58. The monoisotopic (exact) mass is 294 g/mol. The molecule has 0 bridgehead atoms. The molecule has 0 fully saturated rings. The Morgan fingerprint density at radius 2 is 1.89 bits per heavy atom. The number of aromatic nitrogens is 4. The maximum atomic E-state index is 6.05. The Hall–Kier alpha value is -1.85. The number of hydrogen-bond acceptors (Lipinski definition) is 4. The summed E-state index contributed by atoms with van der Waals surface area (Å²) in [7, 11) is 0. The molecule has 7 heteroatoms. The van der Waals surface area contributed by atoms with Crippen molar-refractivity contribution in [1.82, 2.24) is 19.6 Å². The number of rotatable bonds is 2. The molecule has 0 saturated carbocycles. The molecule has 0 saturated heterocycles. The maximum absolute atomic E-state index is 6.05. The number of ether oxygens (including phenoxy) is 1. The minimum Gasteiger partial charge on any atom is -0.438 e. The van der Waals surface area contributed by atoms with Gasteiger partial charge < -0.3 is 4.74 Å². The Labute approximate surface area is 118 Å². The molecule has 96 valence electrons. The highest BCUT2D eigenvalue weighted by atomic mass is 35.5. The van der Waals surface area contributed by atoms with Crippen LogP contribution in [0.2, 0.25) is 10.2 Å². The molecular weight excluding hydrogens is 287 g/mol. The lowest BCUT2D eigenvalue weighted by atomic mass is 10.3. The van der Waals surface area contributed by atoms with Crippen LogP contribution < -0.4 is 4.74 Å². The van der Waals surface area contributed by atoms with Crippen molar-refractivity contribution in [3.05, 3.63) is 46.3 Å². The fraction of sp³-hybridized carbons (Fsp3) is 0.0833. The van der Waals surface area contributed by atoms with Gasteiger partial charge in [-0.15, -0.1) is 0 Å². The molecule has 5 nitrogen and oxygen atoms in total. The van der Waals surface area contributed by atoms with E-state index in [1.165, 1.54) is 10.8 Å². The highest BCUT2D eigenvalue weighted by Gasteiger charge is 2.14. The highest BCUT2D eigenvalue weighted by Crippen LogP contribution is 2.29. The first-order valence-electron chi connectivity index (χ1n) is 5.44. The van der Waals surface area contributed by atoms with Crippen molar-refractivity contribution in [2.24, 2.45) is 0 Å². The second-order valence-electron chi connectivity index (χ2n) is 3.86. The SMILES string of the molecule is Cc1c(Cl)nc2ncnn2c1Oc1ccc(Cl)cc1. The predicted octanol–water partition coefficient (Wildman–Crippen LogP) is 3.53. The average Bonchev–Trinajstić information content (AvgIpc) is 2.85. The van der Waals surface area contributed by atoms with Crippen molar-refractivity contribution in [2.75, 3.05) is 0 Å². The summed E-state index contributed by atoms with van der Waals surface area (Å²) < 4.78 is 7.29. The van der Waals surface area contributed by atoms with Gasteiger partial charge >= 0.3 is 0 Å². The van der Waals surface area contributed by atoms with Crippen LogP contribution in [0, 0.1) is 6.92 Å². The summed E-state index contributed by atoms with van der Waals surface area (Å²) >= 11 is 11.9. The zero-order valence-electron chi connectivity index (χ0n) is 9.84. The minimum absolute atomic E-state index is 0.337. The van der Waals surface area contributed by atoms with Crippen molar-refractivity contribution in [1.29, 1.82) is 0 Å². The molecule has 0 radical (unpaired) electrons. The van der Waals surface area contributed by atoms with E-state index in [9.17, 15) is 0 Å². The van der Waals surface area contributed by atoms with E-state index >= 15 is 0 Å². The van der Waals surface area contributed by atoms with Gasteiger partial charge in [0, 0.05) is 10.6 Å². The van der Waals surface area contributed by atoms with Gasteiger partial charge in [0.1, 0.15) is 17.2 Å². The quantitative estimate of drug-likeness (QED) is 0.679. The van der Waals surface area contributed by atoms with Gasteiger partial charge in [0.15, 0.2) is 0 Å². The number of benzene rings is 1. The van der Waals surface area contributed by atoms with Gasteiger partial charge in [-0.25, -0.2) is 0 Å². The molecule has 1 aromatic carbocycles. The molecule has 3 rings (SSSR count). The lowest BCUT2D eigenvalue weighted by Crippen LogP contribution is -2.01. The second-order valence-corrected chi connectivity index (χ2v) is 4.66. The molecule has 0 N–H and O–H groups in total. The third-order valence-corrected chi connectivity index (χ3v) is 3.20. The molecule has 0 aliphatic heterocycles. The first-order valence-corrected chi connectivity index (χ1v) is 6.20. The van der Waals surface area contributed by atoms with Crippen LogP contribution in [0.15, 0.2) is 30.6 Å². The summed E-state index contributed by atoms with van der Waals surface area (Å²) in [5, 5.41) is 5.05. The Kier molecular flexibility index (Phi) is 3.00. The maximum Gasteiger partial charge on any atom is 0.256 e. The van der Waals surface area contributed by atoms with E-state index in [2.05, 4.69) is 15.1 Å². The number of hydrogen-bond donors (Lipinski definition) is 0. The van der Waals surface area contributed by atoms with Gasteiger partial charge in [0.05, 0.1) is 0 Å². The first-order chi connectivity index (χ1) is 9.15. The molecule has 0 unspecified atom stereocenters. The van der Waals surface area contributed by atoms with Crippen LogP contribution in [0.5, 0.6) is 11.6 Å². The largest absolute Gasteiger partial charge is 0.438 e. The molecule has 0 spiro atoms. The smallest absolute Gasteiger partial charge is 0.256 e. The average molecular weight is 295 g/mol. The molecule has 0 aliphatic rings. The van der Waals surface area contributed by atoms with Crippen LogP contribution in [0.4, 0.5) is 0 Å². The standard InChI is InChI=1S/C12H8Cl2N4O/c1-7-10(14)17-12-15-6-16-18(12)11(7)19-9-4-2-8(13)3-5-9/h2-6H,1H3. The zero-order chi connectivity index (χ0) is 13.4. The molecule has 0 atom stereocenters. The molecule has 2 heterocycles. The van der Waals surface area contributed by atoms with Crippen LogP contribution in [0.3, 0.4) is 0 Å². The Bertz CT molecular complexity index is 739. The Morgan fingerprint density at radius 1 is 1.16 bits per heavy atom. The molecule has 19 heavy (non-hydrogen) atoms. The van der Waals surface area contributed by atoms with Crippen molar-refractivity contribution < 1.29 is 4.74 Å². The zero-order valence-corrected chi connectivity index (χ0v) is 11.4. The third kappa shape index (κ3) is 2.22. The van der Waals surface area contributed by atoms with Crippen LogP contribution in [-0.4, -0.2) is 19.6 Å². The fourth-order valence-electron chi connectivity index (χ4n) is 1.61. The van der Waals surface area contributed by atoms with Gasteiger partial charge in [-0.2, -0.15) is 19.6 Å². The number of halogens is 2. The summed E-state index contributed by atoms with van der Waals surface area (Å²) in [6.45, 7) is 1.81. The highest BCUT2D eigenvalue weighted by molar-refractivity contribution is 6.30. The van der Waals surface area contributed by atoms with Gasteiger partial charge in [-0.1, -0.05) is 23.2 Å². The van der Waals surface area contributed by atoms with E-state index < -0.39 is 0 Å². The lowest BCUT2D eigenvalue weighted by molar-refractivity contribution is 0.442.